The van der Waals surface area contributed by atoms with Crippen LogP contribution >= 0.6 is 11.3 Å². The van der Waals surface area contributed by atoms with Gasteiger partial charge in [-0.1, -0.05) is 6.92 Å². The molecule has 1 aromatic rings. The fraction of sp³-hybridized carbons (Fsp3) is 0.706. The van der Waals surface area contributed by atoms with Crippen LogP contribution in [0.15, 0.2) is 6.07 Å². The van der Waals surface area contributed by atoms with Crippen LogP contribution in [0.25, 0.3) is 0 Å². The van der Waals surface area contributed by atoms with Crippen LogP contribution in [0.5, 0.6) is 0 Å². The van der Waals surface area contributed by atoms with E-state index in [0.29, 0.717) is 12.0 Å². The Morgan fingerprint density at radius 2 is 2.10 bits per heavy atom. The quantitative estimate of drug-likeness (QED) is 0.901. The minimum absolute atomic E-state index is 0.106. The van der Waals surface area contributed by atoms with Crippen molar-refractivity contribution < 1.29 is 9.90 Å². The number of amides is 1. The van der Waals surface area contributed by atoms with Gasteiger partial charge in [-0.25, -0.2) is 0 Å². The Hall–Kier alpha value is -0.870. The van der Waals surface area contributed by atoms with Crippen molar-refractivity contribution in [3.05, 3.63) is 21.4 Å². The topological polar surface area (TPSA) is 49.3 Å². The van der Waals surface area contributed by atoms with Crippen LogP contribution in [-0.4, -0.2) is 23.7 Å². The minimum Gasteiger partial charge on any atom is -0.396 e. The normalized spacial score (nSPS) is 29.0. The lowest BCUT2D eigenvalue weighted by Gasteiger charge is -2.27. The van der Waals surface area contributed by atoms with Crippen molar-refractivity contribution in [3.8, 4) is 0 Å². The highest BCUT2D eigenvalue weighted by Crippen LogP contribution is 2.32. The van der Waals surface area contributed by atoms with Gasteiger partial charge in [0.05, 0.1) is 4.88 Å². The third-order valence-electron chi connectivity index (χ3n) is 4.99. The van der Waals surface area contributed by atoms with Gasteiger partial charge in [0.25, 0.3) is 5.91 Å². The SMILES string of the molecule is CC1CCc2sc(C(=O)NC3CCC(CO)CC3)cc2C1. The van der Waals surface area contributed by atoms with Gasteiger partial charge in [-0.05, 0) is 68.4 Å². The highest BCUT2D eigenvalue weighted by atomic mass is 32.1. The van der Waals surface area contributed by atoms with Crippen LogP contribution in [0.4, 0.5) is 0 Å². The first kappa shape index (κ1) is 15.0. The maximum absolute atomic E-state index is 12.4. The highest BCUT2D eigenvalue weighted by Gasteiger charge is 2.24. The van der Waals surface area contributed by atoms with Crippen molar-refractivity contribution in [1.29, 1.82) is 0 Å². The van der Waals surface area contributed by atoms with Crippen molar-refractivity contribution in [2.75, 3.05) is 6.61 Å². The molecule has 1 aromatic heterocycles. The predicted molar refractivity (Wildman–Crippen MR) is 85.8 cm³/mol. The molecule has 1 amide bonds. The number of aryl methyl sites for hydroxylation is 1. The molecule has 21 heavy (non-hydrogen) atoms. The zero-order valence-corrected chi connectivity index (χ0v) is 13.5. The predicted octanol–water partition coefficient (Wildman–Crippen LogP) is 3.15. The van der Waals surface area contributed by atoms with Crippen molar-refractivity contribution in [2.24, 2.45) is 11.8 Å². The van der Waals surface area contributed by atoms with Crippen molar-refractivity contribution in [3.63, 3.8) is 0 Å². The van der Waals surface area contributed by atoms with E-state index >= 15 is 0 Å². The Labute approximate surface area is 130 Å². The molecule has 2 N–H and O–H groups in total. The molecule has 0 spiro atoms. The second-order valence-corrected chi connectivity index (χ2v) is 7.92. The molecule has 3 rings (SSSR count). The third kappa shape index (κ3) is 3.49. The molecule has 0 bridgehead atoms. The van der Waals surface area contributed by atoms with Gasteiger partial charge < -0.3 is 10.4 Å². The van der Waals surface area contributed by atoms with Gasteiger partial charge >= 0.3 is 0 Å². The molecule has 2 aliphatic rings. The average Bonchev–Trinajstić information content (AvgIpc) is 2.91. The van der Waals surface area contributed by atoms with Crippen LogP contribution in [0.2, 0.25) is 0 Å². The molecule has 1 atom stereocenters. The van der Waals surface area contributed by atoms with E-state index in [-0.39, 0.29) is 12.5 Å². The summed E-state index contributed by atoms with van der Waals surface area (Å²) in [5.41, 5.74) is 1.40. The lowest BCUT2D eigenvalue weighted by Crippen LogP contribution is -2.37. The highest BCUT2D eigenvalue weighted by molar-refractivity contribution is 7.14. The van der Waals surface area contributed by atoms with E-state index in [1.165, 1.54) is 16.9 Å². The maximum Gasteiger partial charge on any atom is 0.261 e. The molecule has 0 saturated heterocycles. The summed E-state index contributed by atoms with van der Waals surface area (Å²) in [6, 6.07) is 2.41. The number of carbonyl (C=O) groups is 1. The van der Waals surface area contributed by atoms with Gasteiger partial charge in [0.1, 0.15) is 0 Å². The molecular weight excluding hydrogens is 282 g/mol. The average molecular weight is 307 g/mol. The largest absolute Gasteiger partial charge is 0.396 e. The summed E-state index contributed by atoms with van der Waals surface area (Å²) in [5, 5.41) is 12.4. The maximum atomic E-state index is 12.4. The molecule has 0 aliphatic heterocycles. The zero-order valence-electron chi connectivity index (χ0n) is 12.7. The van der Waals surface area contributed by atoms with Gasteiger partial charge in [0.15, 0.2) is 0 Å². The standard InChI is InChI=1S/C17H25NO2S/c1-11-2-7-15-13(8-11)9-16(21-15)17(20)18-14-5-3-12(10-19)4-6-14/h9,11-12,14,19H,2-8,10H2,1H3,(H,18,20). The Bertz CT molecular complexity index is 503. The number of fused-ring (bicyclic) bond motifs is 1. The molecule has 116 valence electrons. The van der Waals surface area contributed by atoms with Gasteiger partial charge in [-0.15, -0.1) is 11.3 Å². The Morgan fingerprint density at radius 3 is 2.81 bits per heavy atom. The van der Waals surface area contributed by atoms with Gasteiger partial charge in [-0.2, -0.15) is 0 Å². The van der Waals surface area contributed by atoms with E-state index in [2.05, 4.69) is 18.3 Å². The Kier molecular flexibility index (Phi) is 4.65. The van der Waals surface area contributed by atoms with Crippen LogP contribution < -0.4 is 5.32 Å². The number of hydrogen-bond donors (Lipinski definition) is 2. The molecule has 1 fully saturated rings. The molecule has 2 aliphatic carbocycles. The van der Waals surface area contributed by atoms with E-state index in [1.54, 1.807) is 11.3 Å². The van der Waals surface area contributed by atoms with E-state index in [0.717, 1.165) is 49.3 Å². The lowest BCUT2D eigenvalue weighted by molar-refractivity contribution is 0.0918. The molecule has 4 heteroatoms. The molecule has 0 aromatic carbocycles. The van der Waals surface area contributed by atoms with Gasteiger partial charge in [-0.3, -0.25) is 4.79 Å². The van der Waals surface area contributed by atoms with Gasteiger partial charge in [0, 0.05) is 17.5 Å². The summed E-state index contributed by atoms with van der Waals surface area (Å²) in [5.74, 6) is 1.29. The summed E-state index contributed by atoms with van der Waals surface area (Å²) < 4.78 is 0. The Morgan fingerprint density at radius 1 is 1.33 bits per heavy atom. The lowest BCUT2D eigenvalue weighted by atomic mass is 9.86. The number of thiophene rings is 1. The van der Waals surface area contributed by atoms with Gasteiger partial charge in [0.2, 0.25) is 0 Å². The molecule has 0 radical (unpaired) electrons. The van der Waals surface area contributed by atoms with E-state index in [9.17, 15) is 4.79 Å². The van der Waals surface area contributed by atoms with Crippen LogP contribution in [-0.2, 0) is 12.8 Å². The van der Waals surface area contributed by atoms with Crippen LogP contribution in [0, 0.1) is 11.8 Å². The Balaban J connectivity index is 1.59. The number of aliphatic hydroxyl groups excluding tert-OH is 1. The molecule has 3 nitrogen and oxygen atoms in total. The first-order chi connectivity index (χ1) is 10.2. The molecule has 1 saturated carbocycles. The number of nitrogens with one attached hydrogen (secondary N) is 1. The summed E-state index contributed by atoms with van der Waals surface area (Å²) in [6.07, 6.45) is 7.56. The number of carbonyl (C=O) groups excluding carboxylic acids is 1. The second kappa shape index (κ2) is 6.49. The second-order valence-electron chi connectivity index (χ2n) is 6.78. The molecule has 1 unspecified atom stereocenters. The monoisotopic (exact) mass is 307 g/mol. The first-order valence-electron chi connectivity index (χ1n) is 8.19. The van der Waals surface area contributed by atoms with E-state index < -0.39 is 0 Å². The van der Waals surface area contributed by atoms with Crippen molar-refractivity contribution >= 4 is 17.2 Å². The fourth-order valence-electron chi connectivity index (χ4n) is 3.56. The summed E-state index contributed by atoms with van der Waals surface area (Å²) in [7, 11) is 0. The number of rotatable bonds is 3. The zero-order chi connectivity index (χ0) is 14.8. The van der Waals surface area contributed by atoms with Crippen LogP contribution in [0.3, 0.4) is 0 Å². The summed E-state index contributed by atoms with van der Waals surface area (Å²) >= 11 is 1.69. The van der Waals surface area contributed by atoms with E-state index in [4.69, 9.17) is 5.11 Å². The third-order valence-corrected chi connectivity index (χ3v) is 6.23. The van der Waals surface area contributed by atoms with E-state index in [1.807, 2.05) is 0 Å². The summed E-state index contributed by atoms with van der Waals surface area (Å²) in [6.45, 7) is 2.58. The molecular formula is C17H25NO2S. The number of aliphatic hydroxyl groups is 1. The fourth-order valence-corrected chi connectivity index (χ4v) is 4.68. The molecule has 1 heterocycles. The minimum atomic E-state index is 0.106. The van der Waals surface area contributed by atoms with Crippen LogP contribution in [0.1, 0.15) is 59.1 Å². The summed E-state index contributed by atoms with van der Waals surface area (Å²) in [4.78, 5) is 14.7. The number of hydrogen-bond acceptors (Lipinski definition) is 3. The smallest absolute Gasteiger partial charge is 0.261 e. The van der Waals surface area contributed by atoms with Crippen molar-refractivity contribution in [2.45, 2.75) is 57.9 Å². The first-order valence-corrected chi connectivity index (χ1v) is 9.00. The van der Waals surface area contributed by atoms with Crippen molar-refractivity contribution in [1.82, 2.24) is 5.32 Å².